The summed E-state index contributed by atoms with van der Waals surface area (Å²) in [6, 6.07) is 0. The van der Waals surface area contributed by atoms with Gasteiger partial charge in [-0.1, -0.05) is 12.2 Å². The smallest absolute Gasteiger partial charge is 0.324 e. The van der Waals surface area contributed by atoms with E-state index in [1.54, 1.807) is 19.1 Å². The molecule has 0 spiro atoms. The van der Waals surface area contributed by atoms with E-state index in [9.17, 15) is 9.59 Å². The second-order valence-electron chi connectivity index (χ2n) is 2.83. The number of fused-ring (bicyclic) bond motifs is 1. The minimum atomic E-state index is -0.628. The van der Waals surface area contributed by atoms with Gasteiger partial charge >= 0.3 is 11.9 Å². The van der Waals surface area contributed by atoms with Gasteiger partial charge in [0.1, 0.15) is 5.41 Å². The maximum Gasteiger partial charge on any atom is 0.324 e. The van der Waals surface area contributed by atoms with Gasteiger partial charge in [0.15, 0.2) is 0 Å². The molecule has 2 aliphatic rings. The molecule has 0 aromatic carbocycles. The highest BCUT2D eigenvalue weighted by atomic mass is 16.6. The molecule has 52 valence electrons. The van der Waals surface area contributed by atoms with Crippen LogP contribution in [0.5, 0.6) is 0 Å². The first-order valence-electron chi connectivity index (χ1n) is 3.10. The molecule has 3 heteroatoms. The molecular weight excluding hydrogens is 132 g/mol. The quantitative estimate of drug-likeness (QED) is 0.274. The van der Waals surface area contributed by atoms with Gasteiger partial charge in [-0.15, -0.1) is 0 Å². The molecule has 2 atom stereocenters. The Morgan fingerprint density at radius 3 is 2.50 bits per heavy atom. The van der Waals surface area contributed by atoms with E-state index >= 15 is 0 Å². The molecule has 1 saturated heterocycles. The van der Waals surface area contributed by atoms with Crippen LogP contribution in [0.15, 0.2) is 12.2 Å². The number of cyclic esters (lactones) is 2. The van der Waals surface area contributed by atoms with Crippen molar-refractivity contribution in [3.8, 4) is 0 Å². The fraction of sp³-hybridized carbons (Fsp3) is 0.429. The summed E-state index contributed by atoms with van der Waals surface area (Å²) in [5.74, 6) is -1.12. The number of esters is 2. The second kappa shape index (κ2) is 1.31. The van der Waals surface area contributed by atoms with Gasteiger partial charge in [0.25, 0.3) is 0 Å². The van der Waals surface area contributed by atoms with E-state index in [2.05, 4.69) is 4.74 Å². The van der Waals surface area contributed by atoms with Crippen LogP contribution in [0.4, 0.5) is 0 Å². The molecule has 1 fully saturated rings. The fourth-order valence-electron chi connectivity index (χ4n) is 1.26. The van der Waals surface area contributed by atoms with Crippen LogP contribution < -0.4 is 0 Å². The van der Waals surface area contributed by atoms with E-state index in [4.69, 9.17) is 0 Å². The molecule has 0 bridgehead atoms. The molecule has 2 unspecified atom stereocenters. The lowest BCUT2D eigenvalue weighted by Crippen LogP contribution is -2.33. The van der Waals surface area contributed by atoms with Crippen LogP contribution in [0.1, 0.15) is 6.92 Å². The Morgan fingerprint density at radius 2 is 2.30 bits per heavy atom. The summed E-state index contributed by atoms with van der Waals surface area (Å²) in [7, 11) is 0. The Morgan fingerprint density at radius 1 is 1.60 bits per heavy atom. The summed E-state index contributed by atoms with van der Waals surface area (Å²) in [4.78, 5) is 21.6. The van der Waals surface area contributed by atoms with Crippen molar-refractivity contribution in [2.75, 3.05) is 0 Å². The minimum Gasteiger partial charge on any atom is -0.392 e. The van der Waals surface area contributed by atoms with Crippen LogP contribution in [0, 0.1) is 11.3 Å². The average molecular weight is 138 g/mol. The number of rotatable bonds is 0. The standard InChI is InChI=1S/C7H6O3/c1-7-3-2-4(7)5(8)10-6(7)9/h2-4H,1H3. The second-order valence-corrected chi connectivity index (χ2v) is 2.83. The van der Waals surface area contributed by atoms with E-state index < -0.39 is 17.4 Å². The predicted octanol–water partition coefficient (Wildman–Crippen LogP) is 0.262. The largest absolute Gasteiger partial charge is 0.392 e. The lowest BCUT2D eigenvalue weighted by molar-refractivity contribution is -0.154. The zero-order valence-corrected chi connectivity index (χ0v) is 5.46. The van der Waals surface area contributed by atoms with Crippen LogP contribution in [-0.4, -0.2) is 11.9 Å². The van der Waals surface area contributed by atoms with E-state index in [0.717, 1.165) is 0 Å². The maximum absolute atomic E-state index is 10.9. The van der Waals surface area contributed by atoms with Crippen molar-refractivity contribution in [1.29, 1.82) is 0 Å². The lowest BCUT2D eigenvalue weighted by Gasteiger charge is -2.26. The molecular formula is C7H6O3. The average Bonchev–Trinajstić information content (AvgIpc) is 1.92. The van der Waals surface area contributed by atoms with Crippen LogP contribution in [0.25, 0.3) is 0 Å². The topological polar surface area (TPSA) is 43.4 Å². The van der Waals surface area contributed by atoms with Crippen molar-refractivity contribution in [3.05, 3.63) is 12.2 Å². The van der Waals surface area contributed by atoms with Gasteiger partial charge in [0, 0.05) is 0 Å². The van der Waals surface area contributed by atoms with Crippen molar-refractivity contribution in [1.82, 2.24) is 0 Å². The van der Waals surface area contributed by atoms with Crippen molar-refractivity contribution >= 4 is 11.9 Å². The lowest BCUT2D eigenvalue weighted by atomic mass is 9.70. The summed E-state index contributed by atoms with van der Waals surface area (Å²) < 4.78 is 4.41. The summed E-state index contributed by atoms with van der Waals surface area (Å²) in [6.45, 7) is 1.71. The van der Waals surface area contributed by atoms with Crippen molar-refractivity contribution in [3.63, 3.8) is 0 Å². The monoisotopic (exact) mass is 138 g/mol. The summed E-state index contributed by atoms with van der Waals surface area (Å²) >= 11 is 0. The van der Waals surface area contributed by atoms with Crippen LogP contribution in [0.2, 0.25) is 0 Å². The first kappa shape index (κ1) is 5.65. The Hall–Kier alpha value is -1.12. The van der Waals surface area contributed by atoms with Gasteiger partial charge < -0.3 is 4.74 Å². The zero-order chi connectivity index (χ0) is 7.35. The third-order valence-electron chi connectivity index (χ3n) is 2.17. The third-order valence-corrected chi connectivity index (χ3v) is 2.17. The van der Waals surface area contributed by atoms with Gasteiger partial charge in [-0.05, 0) is 6.92 Å². The number of hydrogen-bond acceptors (Lipinski definition) is 3. The Labute approximate surface area is 57.7 Å². The fourth-order valence-corrected chi connectivity index (χ4v) is 1.26. The molecule has 1 aliphatic carbocycles. The maximum atomic E-state index is 10.9. The molecule has 0 amide bonds. The molecule has 3 nitrogen and oxygen atoms in total. The van der Waals surface area contributed by atoms with Crippen LogP contribution >= 0.6 is 0 Å². The van der Waals surface area contributed by atoms with Crippen molar-refractivity contribution in [2.45, 2.75) is 6.92 Å². The van der Waals surface area contributed by atoms with Crippen LogP contribution in [-0.2, 0) is 14.3 Å². The summed E-state index contributed by atoms with van der Waals surface area (Å²) in [5, 5.41) is 0. The Balaban J connectivity index is 2.47. The SMILES string of the molecule is CC12C=CC1C(=O)OC2=O. The molecule has 0 radical (unpaired) electrons. The Bertz CT molecular complexity index is 254. The summed E-state index contributed by atoms with van der Waals surface area (Å²) in [6.07, 6.45) is 3.41. The number of ether oxygens (including phenoxy) is 1. The molecule has 10 heavy (non-hydrogen) atoms. The minimum absolute atomic E-state index is 0.306. The highest BCUT2D eigenvalue weighted by Gasteiger charge is 2.56. The van der Waals surface area contributed by atoms with Gasteiger partial charge in [-0.25, -0.2) is 0 Å². The third kappa shape index (κ3) is 0.384. The van der Waals surface area contributed by atoms with Gasteiger partial charge in [0.05, 0.1) is 5.92 Å². The normalized spacial score (nSPS) is 42.7. The molecule has 0 aromatic heterocycles. The molecule has 0 N–H and O–H groups in total. The highest BCUT2D eigenvalue weighted by Crippen LogP contribution is 2.45. The van der Waals surface area contributed by atoms with E-state index in [0.29, 0.717) is 0 Å². The Kier molecular flexibility index (Phi) is 0.739. The van der Waals surface area contributed by atoms with Crippen molar-refractivity contribution in [2.24, 2.45) is 11.3 Å². The molecule has 0 aromatic rings. The number of carbonyl (C=O) groups excluding carboxylic acids is 2. The molecule has 1 heterocycles. The molecule has 0 saturated carbocycles. The van der Waals surface area contributed by atoms with Gasteiger partial charge in [0.2, 0.25) is 0 Å². The highest BCUT2D eigenvalue weighted by molar-refractivity contribution is 6.03. The predicted molar refractivity (Wildman–Crippen MR) is 31.8 cm³/mol. The summed E-state index contributed by atoms with van der Waals surface area (Å²) in [5.41, 5.74) is -0.628. The first-order chi connectivity index (χ1) is 4.64. The van der Waals surface area contributed by atoms with Gasteiger partial charge in [-0.2, -0.15) is 0 Å². The number of carbonyl (C=O) groups is 2. The molecule has 1 aliphatic heterocycles. The van der Waals surface area contributed by atoms with Gasteiger partial charge in [-0.3, -0.25) is 9.59 Å². The van der Waals surface area contributed by atoms with Crippen molar-refractivity contribution < 1.29 is 14.3 Å². The van der Waals surface area contributed by atoms with Crippen LogP contribution in [0.3, 0.4) is 0 Å². The molecule has 2 rings (SSSR count). The number of hydrogen-bond donors (Lipinski definition) is 0. The zero-order valence-electron chi connectivity index (χ0n) is 5.46. The first-order valence-corrected chi connectivity index (χ1v) is 3.10. The van der Waals surface area contributed by atoms with E-state index in [1.807, 2.05) is 0 Å². The van der Waals surface area contributed by atoms with E-state index in [1.165, 1.54) is 0 Å². The van der Waals surface area contributed by atoms with E-state index in [-0.39, 0.29) is 5.92 Å².